The van der Waals surface area contributed by atoms with Crippen molar-refractivity contribution in [2.75, 3.05) is 7.11 Å². The summed E-state index contributed by atoms with van der Waals surface area (Å²) in [5.74, 6) is -0.311. The highest BCUT2D eigenvalue weighted by Gasteiger charge is 2.09. The summed E-state index contributed by atoms with van der Waals surface area (Å²) in [4.78, 5) is 11.4. The van der Waals surface area contributed by atoms with Crippen molar-refractivity contribution in [3.05, 3.63) is 60.2 Å². The number of esters is 1. The Morgan fingerprint density at radius 1 is 1.05 bits per heavy atom. The minimum absolute atomic E-state index is 0.311. The van der Waals surface area contributed by atoms with Gasteiger partial charge in [0.15, 0.2) is 0 Å². The number of ether oxygens (including phenoxy) is 1. The number of para-hydroxylation sites is 1. The van der Waals surface area contributed by atoms with Gasteiger partial charge in [0.05, 0.1) is 12.7 Å². The maximum absolute atomic E-state index is 11.4. The van der Waals surface area contributed by atoms with Crippen molar-refractivity contribution in [3.8, 4) is 11.3 Å². The summed E-state index contributed by atoms with van der Waals surface area (Å²) >= 11 is 0. The molecule has 0 spiro atoms. The molecule has 1 aromatic heterocycles. The zero-order valence-electron chi connectivity index (χ0n) is 11.5. The highest BCUT2D eigenvalue weighted by molar-refractivity contribution is 5.91. The summed E-state index contributed by atoms with van der Waals surface area (Å²) in [6.45, 7) is 0. The van der Waals surface area contributed by atoms with E-state index in [9.17, 15) is 4.79 Å². The van der Waals surface area contributed by atoms with Gasteiger partial charge in [-0.25, -0.2) is 4.79 Å². The minimum atomic E-state index is -0.311. The molecule has 100 valence electrons. The lowest BCUT2D eigenvalue weighted by molar-refractivity contribution is 0.0601. The summed E-state index contributed by atoms with van der Waals surface area (Å²) in [5, 5.41) is 1.21. The van der Waals surface area contributed by atoms with Gasteiger partial charge in [0, 0.05) is 23.6 Å². The quantitative estimate of drug-likeness (QED) is 0.662. The molecule has 0 aliphatic carbocycles. The molecule has 0 saturated heterocycles. The van der Waals surface area contributed by atoms with Crippen molar-refractivity contribution in [1.82, 2.24) is 4.57 Å². The number of nitrogens with zero attached hydrogens (tertiary/aromatic N) is 1. The van der Waals surface area contributed by atoms with Crippen LogP contribution in [0.4, 0.5) is 0 Å². The Morgan fingerprint density at radius 2 is 1.75 bits per heavy atom. The number of carbonyl (C=O) groups excluding carboxylic acids is 1. The highest BCUT2D eigenvalue weighted by atomic mass is 16.5. The fourth-order valence-electron chi connectivity index (χ4n) is 2.46. The Bertz CT molecular complexity index is 769. The molecule has 3 heteroatoms. The molecule has 0 saturated carbocycles. The molecule has 0 atom stereocenters. The van der Waals surface area contributed by atoms with E-state index >= 15 is 0 Å². The molecule has 0 aliphatic heterocycles. The molecule has 3 rings (SSSR count). The summed E-state index contributed by atoms with van der Waals surface area (Å²) in [6.07, 6.45) is 0. The molecule has 0 fully saturated rings. The van der Waals surface area contributed by atoms with E-state index in [0.29, 0.717) is 5.56 Å². The third-order valence-corrected chi connectivity index (χ3v) is 3.55. The van der Waals surface area contributed by atoms with Crippen LogP contribution < -0.4 is 0 Å². The average Bonchev–Trinajstić information content (AvgIpc) is 2.84. The molecule has 1 heterocycles. The number of hydrogen-bond donors (Lipinski definition) is 0. The predicted molar refractivity (Wildman–Crippen MR) is 79.7 cm³/mol. The SMILES string of the molecule is COC(=O)c1ccc(-c2cc3ccccc3n2C)cc1. The van der Waals surface area contributed by atoms with Crippen LogP contribution in [-0.4, -0.2) is 17.6 Å². The normalized spacial score (nSPS) is 10.7. The van der Waals surface area contributed by atoms with Gasteiger partial charge in [-0.05, 0) is 29.8 Å². The number of hydrogen-bond acceptors (Lipinski definition) is 2. The summed E-state index contributed by atoms with van der Waals surface area (Å²) in [6, 6.07) is 17.9. The number of benzene rings is 2. The van der Waals surface area contributed by atoms with Gasteiger partial charge in [-0.1, -0.05) is 30.3 Å². The smallest absolute Gasteiger partial charge is 0.337 e. The molecule has 0 aliphatic rings. The van der Waals surface area contributed by atoms with Crippen LogP contribution in [0.3, 0.4) is 0 Å². The Hall–Kier alpha value is -2.55. The number of fused-ring (bicyclic) bond motifs is 1. The molecule has 0 amide bonds. The number of aryl methyl sites for hydroxylation is 1. The van der Waals surface area contributed by atoms with Crippen LogP contribution in [0.2, 0.25) is 0 Å². The van der Waals surface area contributed by atoms with Crippen molar-refractivity contribution in [2.45, 2.75) is 0 Å². The first-order valence-corrected chi connectivity index (χ1v) is 6.44. The second-order valence-electron chi connectivity index (χ2n) is 4.72. The molecule has 3 nitrogen and oxygen atoms in total. The molecule has 0 radical (unpaired) electrons. The topological polar surface area (TPSA) is 31.2 Å². The minimum Gasteiger partial charge on any atom is -0.465 e. The van der Waals surface area contributed by atoms with Gasteiger partial charge in [0.1, 0.15) is 0 Å². The molecule has 0 N–H and O–H groups in total. The van der Waals surface area contributed by atoms with Gasteiger partial charge in [0.25, 0.3) is 0 Å². The van der Waals surface area contributed by atoms with Crippen molar-refractivity contribution < 1.29 is 9.53 Å². The van der Waals surface area contributed by atoms with Crippen LogP contribution in [0.15, 0.2) is 54.6 Å². The second kappa shape index (κ2) is 4.85. The van der Waals surface area contributed by atoms with Crippen LogP contribution in [0.1, 0.15) is 10.4 Å². The standard InChI is InChI=1S/C17H15NO2/c1-18-15-6-4-3-5-14(15)11-16(18)12-7-9-13(10-8-12)17(19)20-2/h3-11H,1-2H3. The Morgan fingerprint density at radius 3 is 2.40 bits per heavy atom. The first-order valence-electron chi connectivity index (χ1n) is 6.44. The van der Waals surface area contributed by atoms with Crippen LogP contribution >= 0.6 is 0 Å². The Balaban J connectivity index is 2.07. The van der Waals surface area contributed by atoms with E-state index < -0.39 is 0 Å². The molecular formula is C17H15NO2. The molecule has 20 heavy (non-hydrogen) atoms. The maximum Gasteiger partial charge on any atom is 0.337 e. The summed E-state index contributed by atoms with van der Waals surface area (Å²) < 4.78 is 6.86. The molecule has 2 aromatic carbocycles. The van der Waals surface area contributed by atoms with Gasteiger partial charge in [-0.3, -0.25) is 0 Å². The number of rotatable bonds is 2. The van der Waals surface area contributed by atoms with Crippen molar-refractivity contribution in [3.63, 3.8) is 0 Å². The molecule has 0 unspecified atom stereocenters. The van der Waals surface area contributed by atoms with E-state index in [1.54, 1.807) is 12.1 Å². The van der Waals surface area contributed by atoms with Crippen molar-refractivity contribution in [1.29, 1.82) is 0 Å². The second-order valence-corrected chi connectivity index (χ2v) is 4.72. The number of methoxy groups -OCH3 is 1. The average molecular weight is 265 g/mol. The lowest BCUT2D eigenvalue weighted by Crippen LogP contribution is -2.00. The zero-order chi connectivity index (χ0) is 14.1. The van der Waals surface area contributed by atoms with E-state index in [4.69, 9.17) is 4.74 Å². The van der Waals surface area contributed by atoms with Crippen LogP contribution in [0, 0.1) is 0 Å². The van der Waals surface area contributed by atoms with E-state index in [-0.39, 0.29) is 5.97 Å². The fraction of sp³-hybridized carbons (Fsp3) is 0.118. The van der Waals surface area contributed by atoms with Gasteiger partial charge >= 0.3 is 5.97 Å². The molecule has 3 aromatic rings. The predicted octanol–water partition coefficient (Wildman–Crippen LogP) is 3.63. The van der Waals surface area contributed by atoms with Gasteiger partial charge in [-0.2, -0.15) is 0 Å². The van der Waals surface area contributed by atoms with E-state index in [2.05, 4.69) is 22.8 Å². The molecule has 0 bridgehead atoms. The van der Waals surface area contributed by atoms with Crippen LogP contribution in [0.25, 0.3) is 22.2 Å². The van der Waals surface area contributed by atoms with Crippen LogP contribution in [0.5, 0.6) is 0 Å². The van der Waals surface area contributed by atoms with Crippen molar-refractivity contribution >= 4 is 16.9 Å². The fourth-order valence-corrected chi connectivity index (χ4v) is 2.46. The first-order chi connectivity index (χ1) is 9.70. The lowest BCUT2D eigenvalue weighted by Gasteiger charge is -2.05. The lowest BCUT2D eigenvalue weighted by atomic mass is 10.1. The summed E-state index contributed by atoms with van der Waals surface area (Å²) in [5.41, 5.74) is 3.97. The van der Waals surface area contributed by atoms with E-state index in [1.807, 2.05) is 31.3 Å². The number of aromatic nitrogens is 1. The highest BCUT2D eigenvalue weighted by Crippen LogP contribution is 2.27. The first kappa shape index (κ1) is 12.5. The molecular weight excluding hydrogens is 250 g/mol. The van der Waals surface area contributed by atoms with E-state index in [0.717, 1.165) is 11.3 Å². The van der Waals surface area contributed by atoms with E-state index in [1.165, 1.54) is 18.0 Å². The monoisotopic (exact) mass is 265 g/mol. The number of carbonyl (C=O) groups is 1. The van der Waals surface area contributed by atoms with Crippen LogP contribution in [-0.2, 0) is 11.8 Å². The van der Waals surface area contributed by atoms with Gasteiger partial charge in [-0.15, -0.1) is 0 Å². The van der Waals surface area contributed by atoms with Crippen molar-refractivity contribution in [2.24, 2.45) is 7.05 Å². The maximum atomic E-state index is 11.4. The zero-order valence-corrected chi connectivity index (χ0v) is 11.5. The third-order valence-electron chi connectivity index (χ3n) is 3.55. The Kier molecular flexibility index (Phi) is 3.03. The Labute approximate surface area is 117 Å². The largest absolute Gasteiger partial charge is 0.465 e. The summed E-state index contributed by atoms with van der Waals surface area (Å²) in [7, 11) is 3.44. The van der Waals surface area contributed by atoms with Gasteiger partial charge in [0.2, 0.25) is 0 Å². The third kappa shape index (κ3) is 1.97. The van der Waals surface area contributed by atoms with Gasteiger partial charge < -0.3 is 9.30 Å².